The van der Waals surface area contributed by atoms with Crippen molar-refractivity contribution in [3.05, 3.63) is 35.1 Å². The van der Waals surface area contributed by atoms with Gasteiger partial charge < -0.3 is 20.3 Å². The smallest absolute Gasteiger partial charge is 0.407 e. The first-order valence-corrected chi connectivity index (χ1v) is 6.99. The van der Waals surface area contributed by atoms with Crippen LogP contribution in [0.25, 0.3) is 0 Å². The fourth-order valence-electron chi connectivity index (χ4n) is 1.80. The summed E-state index contributed by atoms with van der Waals surface area (Å²) in [4.78, 5) is 11.4. The summed E-state index contributed by atoms with van der Waals surface area (Å²) in [6, 6.07) is 1.24. The molecule has 2 atom stereocenters. The summed E-state index contributed by atoms with van der Waals surface area (Å²) < 4.78 is 45.1. The lowest BCUT2D eigenvalue weighted by Crippen LogP contribution is -2.35. The van der Waals surface area contributed by atoms with Gasteiger partial charge in [0, 0.05) is 6.54 Å². The Balaban J connectivity index is 2.60. The first kappa shape index (κ1) is 19.2. The lowest BCUT2D eigenvalue weighted by Gasteiger charge is -2.21. The Morgan fingerprint density at radius 2 is 1.78 bits per heavy atom. The van der Waals surface area contributed by atoms with Gasteiger partial charge in [0.25, 0.3) is 0 Å². The molecule has 23 heavy (non-hydrogen) atoms. The molecule has 1 amide bonds. The van der Waals surface area contributed by atoms with Crippen LogP contribution >= 0.6 is 0 Å². The second-order valence-corrected chi connectivity index (χ2v) is 5.99. The van der Waals surface area contributed by atoms with Crippen LogP contribution in [0, 0.1) is 17.5 Å². The van der Waals surface area contributed by atoms with Crippen molar-refractivity contribution in [3.8, 4) is 0 Å². The number of aliphatic hydroxyl groups is 2. The molecule has 1 aromatic carbocycles. The van der Waals surface area contributed by atoms with Gasteiger partial charge >= 0.3 is 6.09 Å². The Kier molecular flexibility index (Phi) is 6.40. The summed E-state index contributed by atoms with van der Waals surface area (Å²) in [5, 5.41) is 21.9. The van der Waals surface area contributed by atoms with E-state index in [1.54, 1.807) is 20.8 Å². The number of carbonyl (C=O) groups is 1. The molecule has 8 heteroatoms. The number of nitrogens with one attached hydrogen (secondary N) is 1. The quantitative estimate of drug-likeness (QED) is 0.722. The molecule has 0 aromatic heterocycles. The third-order valence-corrected chi connectivity index (χ3v) is 2.85. The fourth-order valence-corrected chi connectivity index (χ4v) is 1.80. The van der Waals surface area contributed by atoms with Crippen LogP contribution in [-0.4, -0.2) is 34.6 Å². The molecule has 0 spiro atoms. The molecular weight excluding hydrogens is 315 g/mol. The number of amides is 1. The maximum atomic E-state index is 13.5. The molecule has 5 nitrogen and oxygen atoms in total. The number of benzene rings is 1. The van der Waals surface area contributed by atoms with Crippen LogP contribution in [0.4, 0.5) is 18.0 Å². The number of alkyl carbamates (subject to hydrolysis) is 1. The minimum atomic E-state index is -1.97. The van der Waals surface area contributed by atoms with E-state index in [1.807, 2.05) is 0 Å². The van der Waals surface area contributed by atoms with Crippen molar-refractivity contribution in [2.45, 2.75) is 45.0 Å². The number of hydrogen-bond donors (Lipinski definition) is 3. The monoisotopic (exact) mass is 335 g/mol. The summed E-state index contributed by atoms with van der Waals surface area (Å²) in [6.45, 7) is 4.90. The van der Waals surface area contributed by atoms with Crippen LogP contribution < -0.4 is 5.32 Å². The van der Waals surface area contributed by atoms with Gasteiger partial charge in [-0.25, -0.2) is 18.0 Å². The number of hydrogen-bond acceptors (Lipinski definition) is 4. The molecule has 0 fully saturated rings. The zero-order chi connectivity index (χ0) is 17.8. The molecule has 130 valence electrons. The van der Waals surface area contributed by atoms with E-state index in [2.05, 4.69) is 5.32 Å². The standard InChI is InChI=1S/C15H20F3NO4/c1-15(2,3)23-14(22)19-7-6-10(20)13(21)11-8(16)4-5-9(17)12(11)18/h4-5,10,13,20-21H,6-7H2,1-3H3,(H,19,22). The molecule has 2 unspecified atom stereocenters. The van der Waals surface area contributed by atoms with E-state index in [0.717, 1.165) is 0 Å². The van der Waals surface area contributed by atoms with Crippen molar-refractivity contribution in [1.29, 1.82) is 0 Å². The average molecular weight is 335 g/mol. The number of rotatable bonds is 5. The van der Waals surface area contributed by atoms with E-state index in [9.17, 15) is 28.2 Å². The third kappa shape index (κ3) is 5.72. The Morgan fingerprint density at radius 3 is 2.35 bits per heavy atom. The lowest BCUT2D eigenvalue weighted by molar-refractivity contribution is 0.00792. The maximum absolute atomic E-state index is 13.5. The van der Waals surface area contributed by atoms with E-state index in [1.165, 1.54) is 0 Å². The number of halogens is 3. The van der Waals surface area contributed by atoms with Crippen molar-refractivity contribution in [3.63, 3.8) is 0 Å². The second-order valence-electron chi connectivity index (χ2n) is 5.99. The van der Waals surface area contributed by atoms with Crippen molar-refractivity contribution >= 4 is 6.09 Å². The van der Waals surface area contributed by atoms with Gasteiger partial charge in [0.1, 0.15) is 17.5 Å². The highest BCUT2D eigenvalue weighted by molar-refractivity contribution is 5.67. The molecule has 1 rings (SSSR count). The number of carbonyl (C=O) groups excluding carboxylic acids is 1. The second kappa shape index (κ2) is 7.65. The zero-order valence-corrected chi connectivity index (χ0v) is 13.1. The predicted molar refractivity (Wildman–Crippen MR) is 76.1 cm³/mol. The topological polar surface area (TPSA) is 78.8 Å². The van der Waals surface area contributed by atoms with Crippen LogP contribution in [0.5, 0.6) is 0 Å². The van der Waals surface area contributed by atoms with Crippen LogP contribution in [-0.2, 0) is 4.74 Å². The van der Waals surface area contributed by atoms with Crippen LogP contribution in [0.15, 0.2) is 12.1 Å². The lowest BCUT2D eigenvalue weighted by atomic mass is 10.0. The van der Waals surface area contributed by atoms with E-state index >= 15 is 0 Å². The van der Waals surface area contributed by atoms with Crippen LogP contribution in [0.2, 0.25) is 0 Å². The largest absolute Gasteiger partial charge is 0.444 e. The Morgan fingerprint density at radius 1 is 1.22 bits per heavy atom. The van der Waals surface area contributed by atoms with Gasteiger partial charge in [-0.15, -0.1) is 0 Å². The molecular formula is C15H20F3NO4. The molecule has 3 N–H and O–H groups in total. The number of aliphatic hydroxyl groups excluding tert-OH is 2. The maximum Gasteiger partial charge on any atom is 0.407 e. The van der Waals surface area contributed by atoms with Crippen molar-refractivity contribution in [2.75, 3.05) is 6.54 Å². The van der Waals surface area contributed by atoms with Crippen molar-refractivity contribution in [2.24, 2.45) is 0 Å². The van der Waals surface area contributed by atoms with Crippen LogP contribution in [0.3, 0.4) is 0 Å². The predicted octanol–water partition coefficient (Wildman–Crippen LogP) is 2.41. The summed E-state index contributed by atoms with van der Waals surface area (Å²) in [6.07, 6.45) is -4.51. The van der Waals surface area contributed by atoms with E-state index < -0.39 is 46.9 Å². The first-order chi connectivity index (χ1) is 10.5. The molecule has 0 aliphatic heterocycles. The summed E-state index contributed by atoms with van der Waals surface area (Å²) in [5.41, 5.74) is -1.65. The molecule has 0 saturated carbocycles. The van der Waals surface area contributed by atoms with Gasteiger partial charge in [-0.3, -0.25) is 0 Å². The Bertz CT molecular complexity index is 560. The summed E-state index contributed by atoms with van der Waals surface area (Å²) >= 11 is 0. The van der Waals surface area contributed by atoms with Crippen molar-refractivity contribution in [1.82, 2.24) is 5.32 Å². The molecule has 0 aliphatic carbocycles. The Labute approximate surface area is 132 Å². The SMILES string of the molecule is CC(C)(C)OC(=O)NCCC(O)C(O)c1c(F)ccc(F)c1F. The highest BCUT2D eigenvalue weighted by Crippen LogP contribution is 2.26. The minimum absolute atomic E-state index is 0.105. The third-order valence-electron chi connectivity index (χ3n) is 2.85. The van der Waals surface area contributed by atoms with Gasteiger partial charge in [0.05, 0.1) is 11.7 Å². The summed E-state index contributed by atoms with van der Waals surface area (Å²) in [5.74, 6) is -4.06. The highest BCUT2D eigenvalue weighted by Gasteiger charge is 2.27. The van der Waals surface area contributed by atoms with E-state index in [4.69, 9.17) is 4.74 Å². The van der Waals surface area contributed by atoms with Gasteiger partial charge in [0.2, 0.25) is 0 Å². The molecule has 0 aliphatic rings. The molecule has 0 radical (unpaired) electrons. The Hall–Kier alpha value is -1.80. The molecule has 0 heterocycles. The minimum Gasteiger partial charge on any atom is -0.444 e. The van der Waals surface area contributed by atoms with Gasteiger partial charge in [-0.1, -0.05) is 0 Å². The van der Waals surface area contributed by atoms with Gasteiger partial charge in [-0.2, -0.15) is 0 Å². The molecule has 0 saturated heterocycles. The van der Waals surface area contributed by atoms with Crippen LogP contribution in [0.1, 0.15) is 38.9 Å². The van der Waals surface area contributed by atoms with E-state index in [0.29, 0.717) is 12.1 Å². The fraction of sp³-hybridized carbons (Fsp3) is 0.533. The van der Waals surface area contributed by atoms with Gasteiger partial charge in [0.15, 0.2) is 11.6 Å². The molecule has 0 bridgehead atoms. The highest BCUT2D eigenvalue weighted by atomic mass is 19.2. The first-order valence-electron chi connectivity index (χ1n) is 6.99. The van der Waals surface area contributed by atoms with E-state index in [-0.39, 0.29) is 13.0 Å². The molecule has 1 aromatic rings. The zero-order valence-electron chi connectivity index (χ0n) is 13.1. The normalized spacial score (nSPS) is 14.3. The average Bonchev–Trinajstić information content (AvgIpc) is 2.41. The number of ether oxygens (including phenoxy) is 1. The van der Waals surface area contributed by atoms with Gasteiger partial charge in [-0.05, 0) is 39.3 Å². The summed E-state index contributed by atoms with van der Waals surface area (Å²) in [7, 11) is 0. The van der Waals surface area contributed by atoms with Crippen molar-refractivity contribution < 1.29 is 32.9 Å².